The van der Waals surface area contributed by atoms with Gasteiger partial charge in [0.05, 0.1) is 35.4 Å². The van der Waals surface area contributed by atoms with Crippen molar-refractivity contribution in [2.45, 2.75) is 38.3 Å². The molecule has 0 saturated carbocycles. The molecule has 1 fully saturated rings. The van der Waals surface area contributed by atoms with Gasteiger partial charge in [-0.05, 0) is 44.0 Å². The topological polar surface area (TPSA) is 57.8 Å². The van der Waals surface area contributed by atoms with Crippen LogP contribution in [0.15, 0.2) is 36.7 Å². The molecule has 4 heterocycles. The Morgan fingerprint density at radius 1 is 1.25 bits per heavy atom. The zero-order chi connectivity index (χ0) is 19.3. The molecule has 1 saturated heterocycles. The van der Waals surface area contributed by atoms with Crippen molar-refractivity contribution in [3.05, 3.63) is 53.2 Å². The highest BCUT2D eigenvalue weighted by Crippen LogP contribution is 2.34. The highest BCUT2D eigenvalue weighted by Gasteiger charge is 2.26. The second-order valence-corrected chi connectivity index (χ2v) is 8.01. The van der Waals surface area contributed by atoms with Crippen LogP contribution in [0.4, 0.5) is 0 Å². The van der Waals surface area contributed by atoms with E-state index >= 15 is 0 Å². The van der Waals surface area contributed by atoms with Crippen LogP contribution in [-0.4, -0.2) is 37.0 Å². The summed E-state index contributed by atoms with van der Waals surface area (Å²) >= 11 is 6.33. The Morgan fingerprint density at radius 3 is 2.93 bits per heavy atom. The molecule has 0 aliphatic carbocycles. The number of hydrogen-bond acceptors (Lipinski definition) is 4. The van der Waals surface area contributed by atoms with Crippen LogP contribution in [-0.2, 0) is 18.2 Å². The van der Waals surface area contributed by atoms with Gasteiger partial charge in [0.15, 0.2) is 0 Å². The fourth-order valence-corrected chi connectivity index (χ4v) is 4.42. The molecule has 0 unspecified atom stereocenters. The van der Waals surface area contributed by atoms with E-state index in [2.05, 4.69) is 21.6 Å². The standard InChI is InChI=1S/C21H22ClN5O/c1-13-9-16(6-8-28-13)27-20(11-15-5-7-26(2)25-15)24-19-12-23-18-4-3-14(22)10-17(18)21(19)27/h3-5,7,10,12-13,16H,6,8-9,11H2,1-2H3/t13-,16-/m1/s1. The van der Waals surface area contributed by atoms with Crippen LogP contribution in [0.5, 0.6) is 0 Å². The molecule has 28 heavy (non-hydrogen) atoms. The number of nitrogens with zero attached hydrogens (tertiary/aromatic N) is 5. The van der Waals surface area contributed by atoms with Crippen LogP contribution in [0.3, 0.4) is 0 Å². The lowest BCUT2D eigenvalue weighted by atomic mass is 10.0. The number of hydrogen-bond donors (Lipinski definition) is 0. The van der Waals surface area contributed by atoms with E-state index in [0.29, 0.717) is 17.5 Å². The van der Waals surface area contributed by atoms with Crippen molar-refractivity contribution in [2.75, 3.05) is 6.61 Å². The second-order valence-electron chi connectivity index (χ2n) is 7.57. The zero-order valence-corrected chi connectivity index (χ0v) is 16.7. The van der Waals surface area contributed by atoms with Gasteiger partial charge in [-0.3, -0.25) is 9.67 Å². The lowest BCUT2D eigenvalue weighted by Gasteiger charge is -2.30. The maximum absolute atomic E-state index is 6.33. The summed E-state index contributed by atoms with van der Waals surface area (Å²) < 4.78 is 10.0. The summed E-state index contributed by atoms with van der Waals surface area (Å²) in [6.07, 6.45) is 6.68. The van der Waals surface area contributed by atoms with Crippen molar-refractivity contribution in [1.29, 1.82) is 0 Å². The molecule has 5 rings (SSSR count). The van der Waals surface area contributed by atoms with E-state index in [-0.39, 0.29) is 6.10 Å². The molecular weight excluding hydrogens is 374 g/mol. The number of imidazole rings is 1. The van der Waals surface area contributed by atoms with Gasteiger partial charge in [0.2, 0.25) is 0 Å². The monoisotopic (exact) mass is 395 g/mol. The number of pyridine rings is 1. The molecule has 4 aromatic rings. The van der Waals surface area contributed by atoms with E-state index in [1.54, 1.807) is 0 Å². The van der Waals surface area contributed by atoms with Gasteiger partial charge in [-0.25, -0.2) is 4.98 Å². The minimum atomic E-state index is 0.232. The van der Waals surface area contributed by atoms with Gasteiger partial charge in [-0.15, -0.1) is 0 Å². The predicted molar refractivity (Wildman–Crippen MR) is 110 cm³/mol. The summed E-state index contributed by atoms with van der Waals surface area (Å²) in [5.41, 5.74) is 3.95. The third kappa shape index (κ3) is 3.06. The van der Waals surface area contributed by atoms with Crippen molar-refractivity contribution in [3.8, 4) is 0 Å². The minimum Gasteiger partial charge on any atom is -0.378 e. The molecular formula is C21H22ClN5O. The number of halogens is 1. The summed E-state index contributed by atoms with van der Waals surface area (Å²) in [7, 11) is 1.94. The Balaban J connectivity index is 1.74. The molecule has 144 valence electrons. The maximum Gasteiger partial charge on any atom is 0.116 e. The Labute approximate surface area is 168 Å². The van der Waals surface area contributed by atoms with Crippen LogP contribution in [0.2, 0.25) is 5.02 Å². The van der Waals surface area contributed by atoms with E-state index in [9.17, 15) is 0 Å². The average Bonchev–Trinajstić information content (AvgIpc) is 3.25. The molecule has 3 aromatic heterocycles. The summed E-state index contributed by atoms with van der Waals surface area (Å²) in [5.74, 6) is 1.02. The van der Waals surface area contributed by atoms with Crippen LogP contribution in [0, 0.1) is 0 Å². The largest absolute Gasteiger partial charge is 0.378 e. The number of benzene rings is 1. The van der Waals surface area contributed by atoms with Gasteiger partial charge in [0.1, 0.15) is 11.3 Å². The summed E-state index contributed by atoms with van der Waals surface area (Å²) in [6.45, 7) is 2.90. The molecule has 1 aliphatic rings. The van der Waals surface area contributed by atoms with Gasteiger partial charge >= 0.3 is 0 Å². The molecule has 0 radical (unpaired) electrons. The predicted octanol–water partition coefficient (Wildman–Crippen LogP) is 4.30. The maximum atomic E-state index is 6.33. The first kappa shape index (κ1) is 17.6. The summed E-state index contributed by atoms with van der Waals surface area (Å²) in [6, 6.07) is 8.23. The fraction of sp³-hybridized carbons (Fsp3) is 0.381. The first-order valence-corrected chi connectivity index (χ1v) is 10.0. The fourth-order valence-electron chi connectivity index (χ4n) is 4.24. The van der Waals surface area contributed by atoms with Crippen LogP contribution in [0.1, 0.15) is 37.3 Å². The second kappa shape index (κ2) is 6.87. The van der Waals surface area contributed by atoms with Gasteiger partial charge in [-0.2, -0.15) is 5.10 Å². The number of ether oxygens (including phenoxy) is 1. The Morgan fingerprint density at radius 2 is 2.14 bits per heavy atom. The van der Waals surface area contributed by atoms with E-state index in [0.717, 1.165) is 52.9 Å². The Bertz CT molecular complexity index is 1160. The molecule has 0 amide bonds. The molecule has 6 nitrogen and oxygen atoms in total. The van der Waals surface area contributed by atoms with Crippen molar-refractivity contribution < 1.29 is 4.74 Å². The first-order valence-electron chi connectivity index (χ1n) is 9.63. The van der Waals surface area contributed by atoms with Crippen molar-refractivity contribution in [1.82, 2.24) is 24.3 Å². The number of aromatic nitrogens is 5. The number of rotatable bonds is 3. The van der Waals surface area contributed by atoms with E-state index in [1.165, 1.54) is 0 Å². The van der Waals surface area contributed by atoms with Gasteiger partial charge < -0.3 is 9.30 Å². The number of fused-ring (bicyclic) bond motifs is 3. The molecule has 1 aromatic carbocycles. The van der Waals surface area contributed by atoms with E-state index in [1.807, 2.05) is 48.4 Å². The molecule has 0 spiro atoms. The third-order valence-electron chi connectivity index (χ3n) is 5.48. The van der Waals surface area contributed by atoms with E-state index < -0.39 is 0 Å². The average molecular weight is 396 g/mol. The Hall–Kier alpha value is -2.44. The zero-order valence-electron chi connectivity index (χ0n) is 16.0. The molecule has 1 aliphatic heterocycles. The molecule has 2 atom stereocenters. The minimum absolute atomic E-state index is 0.232. The lowest BCUT2D eigenvalue weighted by molar-refractivity contribution is 0.00631. The van der Waals surface area contributed by atoms with Crippen molar-refractivity contribution in [3.63, 3.8) is 0 Å². The quantitative estimate of drug-likeness (QED) is 0.519. The van der Waals surface area contributed by atoms with Gasteiger partial charge in [-0.1, -0.05) is 11.6 Å². The summed E-state index contributed by atoms with van der Waals surface area (Å²) in [5, 5.41) is 6.31. The Kier molecular flexibility index (Phi) is 4.33. The number of aryl methyl sites for hydroxylation is 1. The summed E-state index contributed by atoms with van der Waals surface area (Å²) in [4.78, 5) is 9.56. The third-order valence-corrected chi connectivity index (χ3v) is 5.72. The van der Waals surface area contributed by atoms with Gasteiger partial charge in [0, 0.05) is 36.3 Å². The van der Waals surface area contributed by atoms with E-state index in [4.69, 9.17) is 21.3 Å². The molecule has 0 N–H and O–H groups in total. The SMILES string of the molecule is C[C@@H]1C[C@H](n2c(Cc3ccn(C)n3)nc3cnc4ccc(Cl)cc4c32)CCO1. The normalized spacial score (nSPS) is 20.2. The van der Waals surface area contributed by atoms with Gasteiger partial charge in [0.25, 0.3) is 0 Å². The molecule has 7 heteroatoms. The van der Waals surface area contributed by atoms with Crippen molar-refractivity contribution >= 4 is 33.5 Å². The highest BCUT2D eigenvalue weighted by molar-refractivity contribution is 6.31. The first-order chi connectivity index (χ1) is 13.6. The highest BCUT2D eigenvalue weighted by atomic mass is 35.5. The van der Waals surface area contributed by atoms with Crippen molar-refractivity contribution in [2.24, 2.45) is 7.05 Å². The van der Waals surface area contributed by atoms with Crippen LogP contribution in [0.25, 0.3) is 21.9 Å². The lowest BCUT2D eigenvalue weighted by Crippen LogP contribution is -2.26. The molecule has 0 bridgehead atoms. The van der Waals surface area contributed by atoms with Crippen LogP contribution < -0.4 is 0 Å². The smallest absolute Gasteiger partial charge is 0.116 e. The van der Waals surface area contributed by atoms with Crippen LogP contribution >= 0.6 is 11.6 Å².